The van der Waals surface area contributed by atoms with Gasteiger partial charge in [0.1, 0.15) is 24.7 Å². The molecule has 0 bridgehead atoms. The monoisotopic (exact) mass is 379 g/mol. The number of pyridine rings is 1. The molecule has 3 rings (SSSR count). The normalized spacial score (nSPS) is 11.3. The standard InChI is InChI=1S/C23H25NO4/c1-17-13-19(9-10-21(17)28-16-23(2,3)26)24-12-11-18(14-22(24)25)15-27-20-7-5-4-6-8-20/h4-14,26H,15-16H2,1-3H3. The Morgan fingerprint density at radius 2 is 1.75 bits per heavy atom. The summed E-state index contributed by atoms with van der Waals surface area (Å²) in [5.41, 5.74) is 1.43. The van der Waals surface area contributed by atoms with E-state index in [4.69, 9.17) is 9.47 Å². The van der Waals surface area contributed by atoms with Gasteiger partial charge in [-0.25, -0.2) is 0 Å². The molecule has 28 heavy (non-hydrogen) atoms. The van der Waals surface area contributed by atoms with Gasteiger partial charge in [-0.3, -0.25) is 9.36 Å². The van der Waals surface area contributed by atoms with Crippen LogP contribution in [0.5, 0.6) is 11.5 Å². The molecular weight excluding hydrogens is 354 g/mol. The molecule has 0 atom stereocenters. The van der Waals surface area contributed by atoms with Crippen LogP contribution in [0, 0.1) is 6.92 Å². The number of aryl methyl sites for hydroxylation is 1. The van der Waals surface area contributed by atoms with E-state index < -0.39 is 5.60 Å². The molecule has 146 valence electrons. The van der Waals surface area contributed by atoms with Crippen molar-refractivity contribution in [3.8, 4) is 17.2 Å². The molecule has 0 aliphatic carbocycles. The van der Waals surface area contributed by atoms with E-state index in [0.717, 1.165) is 22.6 Å². The van der Waals surface area contributed by atoms with Crippen molar-refractivity contribution in [3.05, 3.63) is 88.3 Å². The highest BCUT2D eigenvalue weighted by molar-refractivity contribution is 5.44. The van der Waals surface area contributed by atoms with E-state index in [0.29, 0.717) is 12.4 Å². The van der Waals surface area contributed by atoms with E-state index in [9.17, 15) is 9.90 Å². The van der Waals surface area contributed by atoms with Gasteiger partial charge in [0.2, 0.25) is 0 Å². The average molecular weight is 379 g/mol. The number of hydrogen-bond acceptors (Lipinski definition) is 4. The summed E-state index contributed by atoms with van der Waals surface area (Å²) in [7, 11) is 0. The summed E-state index contributed by atoms with van der Waals surface area (Å²) in [6, 6.07) is 18.5. The van der Waals surface area contributed by atoms with E-state index in [1.165, 1.54) is 0 Å². The first kappa shape index (κ1) is 19.7. The van der Waals surface area contributed by atoms with Crippen molar-refractivity contribution >= 4 is 0 Å². The molecule has 0 aliphatic heterocycles. The van der Waals surface area contributed by atoms with Gasteiger partial charge >= 0.3 is 0 Å². The summed E-state index contributed by atoms with van der Waals surface area (Å²) in [5.74, 6) is 1.45. The third-order valence-electron chi connectivity index (χ3n) is 4.15. The van der Waals surface area contributed by atoms with Crippen molar-refractivity contribution in [1.29, 1.82) is 0 Å². The topological polar surface area (TPSA) is 60.7 Å². The first-order valence-corrected chi connectivity index (χ1v) is 9.17. The van der Waals surface area contributed by atoms with E-state index in [2.05, 4.69) is 0 Å². The third kappa shape index (κ3) is 5.24. The highest BCUT2D eigenvalue weighted by Gasteiger charge is 2.14. The molecule has 0 saturated carbocycles. The van der Waals surface area contributed by atoms with Crippen LogP contribution in [0.1, 0.15) is 25.0 Å². The van der Waals surface area contributed by atoms with E-state index in [1.807, 2.05) is 61.5 Å². The van der Waals surface area contributed by atoms with Gasteiger partial charge in [-0.2, -0.15) is 0 Å². The van der Waals surface area contributed by atoms with Gasteiger partial charge in [0.15, 0.2) is 0 Å². The molecule has 0 radical (unpaired) electrons. The Morgan fingerprint density at radius 1 is 1.00 bits per heavy atom. The number of para-hydroxylation sites is 1. The van der Waals surface area contributed by atoms with Gasteiger partial charge in [0, 0.05) is 18.0 Å². The Bertz CT molecular complexity index is 987. The Kier molecular flexibility index (Phi) is 5.85. The smallest absolute Gasteiger partial charge is 0.255 e. The lowest BCUT2D eigenvalue weighted by Crippen LogP contribution is -2.28. The lowest BCUT2D eigenvalue weighted by atomic mass is 10.1. The second-order valence-corrected chi connectivity index (χ2v) is 7.40. The number of ether oxygens (including phenoxy) is 2. The summed E-state index contributed by atoms with van der Waals surface area (Å²) < 4.78 is 12.9. The molecule has 3 aromatic rings. The molecule has 0 aliphatic rings. The number of rotatable bonds is 7. The zero-order valence-corrected chi connectivity index (χ0v) is 16.4. The molecule has 0 amide bonds. The van der Waals surface area contributed by atoms with Crippen molar-refractivity contribution in [3.63, 3.8) is 0 Å². The zero-order chi connectivity index (χ0) is 20.1. The minimum atomic E-state index is -0.903. The van der Waals surface area contributed by atoms with Crippen molar-refractivity contribution in [2.75, 3.05) is 6.61 Å². The molecule has 1 heterocycles. The molecule has 5 heteroatoms. The van der Waals surface area contributed by atoms with Crippen LogP contribution >= 0.6 is 0 Å². The van der Waals surface area contributed by atoms with Crippen LogP contribution < -0.4 is 15.0 Å². The predicted octanol–water partition coefficient (Wildman–Crippen LogP) is 3.87. The number of aromatic nitrogens is 1. The van der Waals surface area contributed by atoms with E-state index in [1.54, 1.807) is 30.7 Å². The first-order valence-electron chi connectivity index (χ1n) is 9.17. The van der Waals surface area contributed by atoms with Crippen LogP contribution in [0.4, 0.5) is 0 Å². The minimum Gasteiger partial charge on any atom is -0.490 e. The number of benzene rings is 2. The van der Waals surface area contributed by atoms with Crippen LogP contribution in [0.3, 0.4) is 0 Å². The van der Waals surface area contributed by atoms with Gasteiger partial charge in [-0.1, -0.05) is 18.2 Å². The Labute approximate surface area is 164 Å². The summed E-state index contributed by atoms with van der Waals surface area (Å²) in [6.45, 7) is 5.83. The lowest BCUT2D eigenvalue weighted by Gasteiger charge is -2.19. The SMILES string of the molecule is Cc1cc(-n2ccc(COc3ccccc3)cc2=O)ccc1OCC(C)(C)O. The Hall–Kier alpha value is -3.05. The molecule has 0 spiro atoms. The Balaban J connectivity index is 1.73. The van der Waals surface area contributed by atoms with Crippen LogP contribution in [0.15, 0.2) is 71.7 Å². The largest absolute Gasteiger partial charge is 0.490 e. The lowest BCUT2D eigenvalue weighted by molar-refractivity contribution is 0.0282. The minimum absolute atomic E-state index is 0.126. The highest BCUT2D eigenvalue weighted by Crippen LogP contribution is 2.22. The fourth-order valence-electron chi connectivity index (χ4n) is 2.71. The summed E-state index contributed by atoms with van der Waals surface area (Å²) in [4.78, 5) is 12.5. The van der Waals surface area contributed by atoms with Crippen molar-refractivity contribution in [1.82, 2.24) is 4.57 Å². The summed E-state index contributed by atoms with van der Waals surface area (Å²) in [5, 5.41) is 9.80. The molecule has 2 aromatic carbocycles. The maximum Gasteiger partial charge on any atom is 0.255 e. The van der Waals surface area contributed by atoms with Crippen LogP contribution in [-0.4, -0.2) is 21.9 Å². The van der Waals surface area contributed by atoms with Gasteiger partial charge in [0.25, 0.3) is 5.56 Å². The molecule has 0 fully saturated rings. The zero-order valence-electron chi connectivity index (χ0n) is 16.4. The maximum absolute atomic E-state index is 12.5. The highest BCUT2D eigenvalue weighted by atomic mass is 16.5. The van der Waals surface area contributed by atoms with Gasteiger partial charge in [-0.05, 0) is 68.3 Å². The summed E-state index contributed by atoms with van der Waals surface area (Å²) >= 11 is 0. The van der Waals surface area contributed by atoms with Crippen molar-refractivity contribution < 1.29 is 14.6 Å². The van der Waals surface area contributed by atoms with E-state index in [-0.39, 0.29) is 12.2 Å². The van der Waals surface area contributed by atoms with Gasteiger partial charge in [-0.15, -0.1) is 0 Å². The first-order chi connectivity index (χ1) is 13.3. The Morgan fingerprint density at radius 3 is 2.39 bits per heavy atom. The second-order valence-electron chi connectivity index (χ2n) is 7.40. The van der Waals surface area contributed by atoms with Crippen molar-refractivity contribution in [2.24, 2.45) is 0 Å². The van der Waals surface area contributed by atoms with Crippen LogP contribution in [0.2, 0.25) is 0 Å². The molecule has 1 aromatic heterocycles. The van der Waals surface area contributed by atoms with Crippen molar-refractivity contribution in [2.45, 2.75) is 33.0 Å². The molecule has 1 N–H and O–H groups in total. The fourth-order valence-corrected chi connectivity index (χ4v) is 2.71. The van der Waals surface area contributed by atoms with Crippen LogP contribution in [0.25, 0.3) is 5.69 Å². The molecule has 0 saturated heterocycles. The molecular formula is C23H25NO4. The molecule has 5 nitrogen and oxygen atoms in total. The fraction of sp³-hybridized carbons (Fsp3) is 0.261. The predicted molar refractivity (Wildman–Crippen MR) is 109 cm³/mol. The number of nitrogens with zero attached hydrogens (tertiary/aromatic N) is 1. The quantitative estimate of drug-likeness (QED) is 0.677. The van der Waals surface area contributed by atoms with Gasteiger partial charge < -0.3 is 14.6 Å². The van der Waals surface area contributed by atoms with E-state index >= 15 is 0 Å². The third-order valence-corrected chi connectivity index (χ3v) is 4.15. The van der Waals surface area contributed by atoms with Crippen LogP contribution in [-0.2, 0) is 6.61 Å². The second kappa shape index (κ2) is 8.31. The number of hydrogen-bond donors (Lipinski definition) is 1. The molecule has 0 unspecified atom stereocenters. The number of aliphatic hydroxyl groups is 1. The summed E-state index contributed by atoms with van der Waals surface area (Å²) in [6.07, 6.45) is 1.75. The maximum atomic E-state index is 12.5. The van der Waals surface area contributed by atoms with Gasteiger partial charge in [0.05, 0.1) is 5.60 Å². The average Bonchev–Trinajstić information content (AvgIpc) is 2.65.